The molecule has 138 valence electrons. The fourth-order valence-corrected chi connectivity index (χ4v) is 3.59. The largest absolute Gasteiger partial charge is 0.345 e. The van der Waals surface area contributed by atoms with Gasteiger partial charge in [-0.3, -0.25) is 9.78 Å². The minimum absolute atomic E-state index is 0.109. The van der Waals surface area contributed by atoms with Gasteiger partial charge in [0.15, 0.2) is 0 Å². The van der Waals surface area contributed by atoms with Crippen molar-refractivity contribution < 1.29 is 4.79 Å². The lowest BCUT2D eigenvalue weighted by atomic mass is 9.99. The van der Waals surface area contributed by atoms with Crippen LogP contribution in [0.5, 0.6) is 0 Å². The second kappa shape index (κ2) is 10.1. The van der Waals surface area contributed by atoms with Gasteiger partial charge in [0, 0.05) is 25.4 Å². The van der Waals surface area contributed by atoms with E-state index in [1.54, 1.807) is 12.4 Å². The number of amides is 1. The minimum atomic E-state index is -0.126. The van der Waals surface area contributed by atoms with Crippen LogP contribution in [0.3, 0.4) is 0 Å². The first-order valence-electron chi connectivity index (χ1n) is 9.79. The molecule has 1 aliphatic rings. The SMILES string of the molecule is O=C(CCN1CCCCCCC1)NC(c1ccccc1)c1ccncc1. The van der Waals surface area contributed by atoms with Crippen LogP contribution in [0.15, 0.2) is 54.9 Å². The molecular weight excluding hydrogens is 322 g/mol. The standard InChI is InChI=1S/C22H29N3O/c26-21(13-18-25-16-7-2-1-3-8-17-25)24-22(19-9-5-4-6-10-19)20-11-14-23-15-12-20/h4-6,9-12,14-15,22H,1-3,7-8,13,16-18H2,(H,24,26). The lowest BCUT2D eigenvalue weighted by Crippen LogP contribution is -2.34. The van der Waals surface area contributed by atoms with Crippen LogP contribution >= 0.6 is 0 Å². The molecule has 0 saturated carbocycles. The van der Waals surface area contributed by atoms with E-state index in [-0.39, 0.29) is 11.9 Å². The van der Waals surface area contributed by atoms with Crippen molar-refractivity contribution >= 4 is 5.91 Å². The average molecular weight is 351 g/mol. The molecule has 2 heterocycles. The Morgan fingerprint density at radius 2 is 1.54 bits per heavy atom. The summed E-state index contributed by atoms with van der Waals surface area (Å²) in [6, 6.07) is 13.9. The van der Waals surface area contributed by atoms with Gasteiger partial charge in [0.1, 0.15) is 0 Å². The van der Waals surface area contributed by atoms with Crippen LogP contribution in [0.2, 0.25) is 0 Å². The number of rotatable bonds is 6. The van der Waals surface area contributed by atoms with E-state index in [1.165, 1.54) is 32.1 Å². The molecule has 1 aromatic carbocycles. The lowest BCUT2D eigenvalue weighted by molar-refractivity contribution is -0.122. The number of carbonyl (C=O) groups excluding carboxylic acids is 1. The fourth-order valence-electron chi connectivity index (χ4n) is 3.59. The van der Waals surface area contributed by atoms with Crippen LogP contribution in [0.1, 0.15) is 55.7 Å². The summed E-state index contributed by atoms with van der Waals surface area (Å²) in [6.45, 7) is 3.10. The highest BCUT2D eigenvalue weighted by Crippen LogP contribution is 2.21. The molecule has 26 heavy (non-hydrogen) atoms. The third-order valence-corrected chi connectivity index (χ3v) is 5.08. The quantitative estimate of drug-likeness (QED) is 0.857. The van der Waals surface area contributed by atoms with Crippen LogP contribution in [-0.4, -0.2) is 35.4 Å². The van der Waals surface area contributed by atoms with Gasteiger partial charge in [-0.2, -0.15) is 0 Å². The highest BCUT2D eigenvalue weighted by atomic mass is 16.1. The normalized spacial score (nSPS) is 17.1. The van der Waals surface area contributed by atoms with Gasteiger partial charge in [0.25, 0.3) is 0 Å². The summed E-state index contributed by atoms with van der Waals surface area (Å²) in [6.07, 6.45) is 10.6. The summed E-state index contributed by atoms with van der Waals surface area (Å²) in [7, 11) is 0. The van der Waals surface area contributed by atoms with Crippen molar-refractivity contribution in [3.8, 4) is 0 Å². The van der Waals surface area contributed by atoms with Gasteiger partial charge in [0.2, 0.25) is 5.91 Å². The molecule has 1 atom stereocenters. The number of hydrogen-bond acceptors (Lipinski definition) is 3. The third-order valence-electron chi connectivity index (χ3n) is 5.08. The third kappa shape index (κ3) is 5.67. The molecule has 4 heteroatoms. The van der Waals surface area contributed by atoms with Crippen molar-refractivity contribution in [3.05, 3.63) is 66.0 Å². The maximum atomic E-state index is 12.6. The van der Waals surface area contributed by atoms with Crippen LogP contribution < -0.4 is 5.32 Å². The second-order valence-electron chi connectivity index (χ2n) is 7.05. The molecule has 1 amide bonds. The lowest BCUT2D eigenvalue weighted by Gasteiger charge is -2.25. The van der Waals surface area contributed by atoms with Crippen molar-refractivity contribution in [1.82, 2.24) is 15.2 Å². The van der Waals surface area contributed by atoms with Gasteiger partial charge in [-0.1, -0.05) is 49.6 Å². The Balaban J connectivity index is 1.60. The van der Waals surface area contributed by atoms with E-state index in [0.29, 0.717) is 6.42 Å². The summed E-state index contributed by atoms with van der Waals surface area (Å²) >= 11 is 0. The molecule has 0 aliphatic carbocycles. The van der Waals surface area contributed by atoms with Crippen molar-refractivity contribution in [3.63, 3.8) is 0 Å². The molecule has 0 spiro atoms. The molecule has 3 rings (SSSR count). The molecule has 2 aromatic rings. The monoisotopic (exact) mass is 351 g/mol. The van der Waals surface area contributed by atoms with Gasteiger partial charge in [-0.25, -0.2) is 0 Å². The van der Waals surface area contributed by atoms with E-state index in [2.05, 4.69) is 27.3 Å². The van der Waals surface area contributed by atoms with E-state index in [9.17, 15) is 4.79 Å². The summed E-state index contributed by atoms with van der Waals surface area (Å²) in [5.74, 6) is 0.109. The van der Waals surface area contributed by atoms with Crippen LogP contribution in [0.4, 0.5) is 0 Å². The smallest absolute Gasteiger partial charge is 0.222 e. The Hall–Kier alpha value is -2.20. The van der Waals surface area contributed by atoms with E-state index in [1.807, 2.05) is 30.3 Å². The van der Waals surface area contributed by atoms with E-state index >= 15 is 0 Å². The maximum Gasteiger partial charge on any atom is 0.222 e. The first-order chi connectivity index (χ1) is 12.8. The van der Waals surface area contributed by atoms with Gasteiger partial charge in [-0.15, -0.1) is 0 Å². The van der Waals surface area contributed by atoms with E-state index < -0.39 is 0 Å². The molecule has 1 N–H and O–H groups in total. The first kappa shape index (κ1) is 18.6. The molecule has 4 nitrogen and oxygen atoms in total. The van der Waals surface area contributed by atoms with Crippen molar-refractivity contribution in [2.24, 2.45) is 0 Å². The average Bonchev–Trinajstić information content (AvgIpc) is 2.66. The number of nitrogens with one attached hydrogen (secondary N) is 1. The molecular formula is C22H29N3O. The van der Waals surface area contributed by atoms with Crippen LogP contribution in [0, 0.1) is 0 Å². The first-order valence-corrected chi connectivity index (χ1v) is 9.79. The molecule has 1 fully saturated rings. The molecule has 1 aromatic heterocycles. The highest BCUT2D eigenvalue weighted by Gasteiger charge is 2.17. The van der Waals surface area contributed by atoms with Crippen molar-refractivity contribution in [1.29, 1.82) is 0 Å². The predicted octanol–water partition coefficient (Wildman–Crippen LogP) is 3.94. The van der Waals surface area contributed by atoms with E-state index in [0.717, 1.165) is 30.8 Å². The van der Waals surface area contributed by atoms with Crippen LogP contribution in [0.25, 0.3) is 0 Å². The Labute approximate surface area is 156 Å². The Bertz CT molecular complexity index is 612. The molecule has 1 aliphatic heterocycles. The number of hydrogen-bond donors (Lipinski definition) is 1. The van der Waals surface area contributed by atoms with Gasteiger partial charge < -0.3 is 10.2 Å². The minimum Gasteiger partial charge on any atom is -0.345 e. The summed E-state index contributed by atoms with van der Waals surface area (Å²) in [4.78, 5) is 19.2. The summed E-state index contributed by atoms with van der Waals surface area (Å²) in [5.41, 5.74) is 2.16. The van der Waals surface area contributed by atoms with Crippen molar-refractivity contribution in [2.45, 2.75) is 44.6 Å². The highest BCUT2D eigenvalue weighted by molar-refractivity contribution is 5.77. The van der Waals surface area contributed by atoms with E-state index in [4.69, 9.17) is 0 Å². The molecule has 0 bridgehead atoms. The zero-order chi connectivity index (χ0) is 18.0. The summed E-state index contributed by atoms with van der Waals surface area (Å²) < 4.78 is 0. The molecule has 1 saturated heterocycles. The molecule has 0 radical (unpaired) electrons. The van der Waals surface area contributed by atoms with Gasteiger partial charge in [0.05, 0.1) is 6.04 Å². The topological polar surface area (TPSA) is 45.2 Å². The van der Waals surface area contributed by atoms with Gasteiger partial charge >= 0.3 is 0 Å². The zero-order valence-electron chi connectivity index (χ0n) is 15.4. The number of carbonyl (C=O) groups is 1. The molecule has 1 unspecified atom stereocenters. The number of nitrogens with zero attached hydrogens (tertiary/aromatic N) is 2. The second-order valence-corrected chi connectivity index (χ2v) is 7.05. The number of pyridine rings is 1. The number of aromatic nitrogens is 1. The Kier molecular flexibility index (Phi) is 7.20. The maximum absolute atomic E-state index is 12.6. The predicted molar refractivity (Wildman–Crippen MR) is 105 cm³/mol. The van der Waals surface area contributed by atoms with Crippen LogP contribution in [-0.2, 0) is 4.79 Å². The zero-order valence-corrected chi connectivity index (χ0v) is 15.4. The Morgan fingerprint density at radius 1 is 0.923 bits per heavy atom. The fraction of sp³-hybridized carbons (Fsp3) is 0.455. The van der Waals surface area contributed by atoms with Gasteiger partial charge in [-0.05, 0) is 49.2 Å². The number of likely N-dealkylation sites (tertiary alicyclic amines) is 1. The summed E-state index contributed by atoms with van der Waals surface area (Å²) in [5, 5.41) is 3.22. The Morgan fingerprint density at radius 3 is 2.23 bits per heavy atom. The number of benzene rings is 1. The van der Waals surface area contributed by atoms with Crippen molar-refractivity contribution in [2.75, 3.05) is 19.6 Å².